The quantitative estimate of drug-likeness (QED) is 0.870. The zero-order chi connectivity index (χ0) is 16.5. The molecule has 7 heteroatoms. The van der Waals surface area contributed by atoms with Crippen LogP contribution in [-0.4, -0.2) is 44.3 Å². The van der Waals surface area contributed by atoms with Crippen molar-refractivity contribution in [3.63, 3.8) is 0 Å². The molecular formula is C17H24N6O. The van der Waals surface area contributed by atoms with E-state index in [0.717, 1.165) is 63.5 Å². The lowest BCUT2D eigenvalue weighted by molar-refractivity contribution is 0.195. The molecule has 0 radical (unpaired) electrons. The second-order valence-electron chi connectivity index (χ2n) is 6.86. The number of nitrogens with one attached hydrogen (secondary N) is 2. The summed E-state index contributed by atoms with van der Waals surface area (Å²) in [4.78, 5) is 21.4. The van der Waals surface area contributed by atoms with Crippen molar-refractivity contribution in [2.75, 3.05) is 19.6 Å². The fraction of sp³-hybridized carbons (Fsp3) is 0.588. The molecule has 2 aromatic heterocycles. The maximum atomic E-state index is 11.7. The summed E-state index contributed by atoms with van der Waals surface area (Å²) in [6.07, 6.45) is 2.23. The maximum absolute atomic E-state index is 11.7. The van der Waals surface area contributed by atoms with Gasteiger partial charge in [0.25, 0.3) is 5.56 Å². The molecule has 2 aliphatic heterocycles. The van der Waals surface area contributed by atoms with Gasteiger partial charge in [0.05, 0.1) is 23.6 Å². The maximum Gasteiger partial charge on any atom is 0.251 e. The molecule has 4 heterocycles. The molecule has 24 heavy (non-hydrogen) atoms. The molecule has 2 aliphatic rings. The van der Waals surface area contributed by atoms with Gasteiger partial charge in [-0.3, -0.25) is 14.4 Å². The number of H-pyrrole nitrogens is 1. The highest BCUT2D eigenvalue weighted by Crippen LogP contribution is 2.26. The summed E-state index contributed by atoms with van der Waals surface area (Å²) in [5.74, 6) is 1.03. The SMILES string of the molecule is Cc1nc([C@@H]2CCCN(Cc3cc4n(n3)CCNC4)C2)cc(=O)[nH]1. The summed E-state index contributed by atoms with van der Waals surface area (Å²) >= 11 is 0. The van der Waals surface area contributed by atoms with E-state index < -0.39 is 0 Å². The van der Waals surface area contributed by atoms with Gasteiger partial charge in [0.1, 0.15) is 5.82 Å². The first-order chi connectivity index (χ1) is 11.7. The van der Waals surface area contributed by atoms with Gasteiger partial charge in [-0.1, -0.05) is 0 Å². The molecule has 0 unspecified atom stereocenters. The Morgan fingerprint density at radius 2 is 2.25 bits per heavy atom. The van der Waals surface area contributed by atoms with E-state index in [2.05, 4.69) is 30.9 Å². The lowest BCUT2D eigenvalue weighted by Gasteiger charge is -2.31. The Morgan fingerprint density at radius 3 is 3.08 bits per heavy atom. The van der Waals surface area contributed by atoms with E-state index in [0.29, 0.717) is 11.7 Å². The molecule has 2 aromatic rings. The minimum absolute atomic E-state index is 0.0519. The fourth-order valence-corrected chi connectivity index (χ4v) is 3.81. The van der Waals surface area contributed by atoms with Crippen LogP contribution in [0, 0.1) is 6.92 Å². The van der Waals surface area contributed by atoms with Crippen LogP contribution in [0.1, 0.15) is 41.7 Å². The average Bonchev–Trinajstić information content (AvgIpc) is 2.96. The molecule has 0 spiro atoms. The molecule has 0 aliphatic carbocycles. The molecule has 128 valence electrons. The second kappa shape index (κ2) is 6.49. The highest BCUT2D eigenvalue weighted by atomic mass is 16.1. The van der Waals surface area contributed by atoms with Gasteiger partial charge in [0.15, 0.2) is 0 Å². The van der Waals surface area contributed by atoms with Crippen molar-refractivity contribution in [1.82, 2.24) is 30.0 Å². The average molecular weight is 328 g/mol. The molecule has 4 rings (SSSR count). The molecule has 7 nitrogen and oxygen atoms in total. The Hall–Kier alpha value is -1.99. The number of aromatic amines is 1. The van der Waals surface area contributed by atoms with Gasteiger partial charge in [-0.25, -0.2) is 4.98 Å². The van der Waals surface area contributed by atoms with Crippen LogP contribution in [0.4, 0.5) is 0 Å². The number of nitrogens with zero attached hydrogens (tertiary/aromatic N) is 4. The third-order valence-corrected chi connectivity index (χ3v) is 4.91. The number of aromatic nitrogens is 4. The Balaban J connectivity index is 1.46. The predicted octanol–water partition coefficient (Wildman–Crippen LogP) is 0.758. The summed E-state index contributed by atoms with van der Waals surface area (Å²) in [6.45, 7) is 7.59. The van der Waals surface area contributed by atoms with Crippen molar-refractivity contribution in [3.8, 4) is 0 Å². The van der Waals surface area contributed by atoms with Gasteiger partial charge in [-0.2, -0.15) is 5.10 Å². The van der Waals surface area contributed by atoms with E-state index in [1.807, 2.05) is 6.92 Å². The fourth-order valence-electron chi connectivity index (χ4n) is 3.81. The van der Waals surface area contributed by atoms with Crippen molar-refractivity contribution >= 4 is 0 Å². The molecule has 1 fully saturated rings. The number of piperidine rings is 1. The van der Waals surface area contributed by atoms with Crippen LogP contribution in [0.2, 0.25) is 0 Å². The van der Waals surface area contributed by atoms with Crippen LogP contribution in [0.5, 0.6) is 0 Å². The van der Waals surface area contributed by atoms with E-state index in [4.69, 9.17) is 5.10 Å². The van der Waals surface area contributed by atoms with E-state index in [9.17, 15) is 4.79 Å². The molecule has 0 amide bonds. The number of hydrogen-bond acceptors (Lipinski definition) is 5. The van der Waals surface area contributed by atoms with E-state index in [-0.39, 0.29) is 5.56 Å². The van der Waals surface area contributed by atoms with Gasteiger partial charge < -0.3 is 10.3 Å². The smallest absolute Gasteiger partial charge is 0.251 e. The first kappa shape index (κ1) is 15.5. The van der Waals surface area contributed by atoms with Gasteiger partial charge in [0.2, 0.25) is 0 Å². The van der Waals surface area contributed by atoms with E-state index in [1.165, 1.54) is 5.69 Å². The molecule has 2 N–H and O–H groups in total. The summed E-state index contributed by atoms with van der Waals surface area (Å²) < 4.78 is 2.12. The van der Waals surface area contributed by atoms with E-state index >= 15 is 0 Å². The highest BCUT2D eigenvalue weighted by Gasteiger charge is 2.24. The predicted molar refractivity (Wildman–Crippen MR) is 90.8 cm³/mol. The van der Waals surface area contributed by atoms with Gasteiger partial charge >= 0.3 is 0 Å². The number of fused-ring (bicyclic) bond motifs is 1. The zero-order valence-electron chi connectivity index (χ0n) is 14.1. The molecule has 0 saturated carbocycles. The zero-order valence-corrected chi connectivity index (χ0v) is 14.1. The Labute approximate surface area is 141 Å². The van der Waals surface area contributed by atoms with Crippen LogP contribution < -0.4 is 10.9 Å². The molecule has 1 atom stereocenters. The van der Waals surface area contributed by atoms with Gasteiger partial charge in [-0.15, -0.1) is 0 Å². The van der Waals surface area contributed by atoms with Crippen LogP contribution in [0.15, 0.2) is 16.9 Å². The summed E-state index contributed by atoms with van der Waals surface area (Å²) in [5.41, 5.74) is 3.29. The number of hydrogen-bond donors (Lipinski definition) is 2. The first-order valence-corrected chi connectivity index (χ1v) is 8.74. The molecule has 1 saturated heterocycles. The minimum atomic E-state index is -0.0519. The van der Waals surface area contributed by atoms with Crippen molar-refractivity contribution < 1.29 is 0 Å². The highest BCUT2D eigenvalue weighted by molar-refractivity contribution is 5.13. The topological polar surface area (TPSA) is 78.8 Å². The Kier molecular flexibility index (Phi) is 4.20. The Bertz CT molecular complexity index is 756. The van der Waals surface area contributed by atoms with Gasteiger partial charge in [-0.05, 0) is 32.4 Å². The Morgan fingerprint density at radius 1 is 1.33 bits per heavy atom. The van der Waals surface area contributed by atoms with Crippen LogP contribution >= 0.6 is 0 Å². The van der Waals surface area contributed by atoms with Gasteiger partial charge in [0, 0.05) is 38.2 Å². The lowest BCUT2D eigenvalue weighted by atomic mass is 9.94. The third kappa shape index (κ3) is 3.27. The van der Waals surface area contributed by atoms with Crippen molar-refractivity contribution in [1.29, 1.82) is 0 Å². The normalized spacial score (nSPS) is 21.6. The van der Waals surface area contributed by atoms with E-state index in [1.54, 1.807) is 6.07 Å². The molecule has 0 bridgehead atoms. The minimum Gasteiger partial charge on any atom is -0.311 e. The molecular weight excluding hydrogens is 304 g/mol. The second-order valence-corrected chi connectivity index (χ2v) is 6.86. The van der Waals surface area contributed by atoms with Crippen molar-refractivity contribution in [3.05, 3.63) is 45.4 Å². The molecule has 0 aromatic carbocycles. The number of aryl methyl sites for hydroxylation is 1. The standard InChI is InChI=1S/C17H24N6O/c1-12-19-16(8-17(24)20-12)13-3-2-5-22(10-13)11-14-7-15-9-18-4-6-23(15)21-14/h7-8,13,18H,2-6,9-11H2,1H3,(H,19,20,24)/t13-/m1/s1. The summed E-state index contributed by atoms with van der Waals surface area (Å²) in [5, 5.41) is 8.12. The summed E-state index contributed by atoms with van der Waals surface area (Å²) in [6, 6.07) is 3.87. The monoisotopic (exact) mass is 328 g/mol. The number of rotatable bonds is 3. The largest absolute Gasteiger partial charge is 0.311 e. The number of likely N-dealkylation sites (tertiary alicyclic amines) is 1. The van der Waals surface area contributed by atoms with Crippen molar-refractivity contribution in [2.45, 2.75) is 45.3 Å². The lowest BCUT2D eigenvalue weighted by Crippen LogP contribution is -2.35. The first-order valence-electron chi connectivity index (χ1n) is 8.74. The van der Waals surface area contributed by atoms with Crippen LogP contribution in [0.3, 0.4) is 0 Å². The van der Waals surface area contributed by atoms with Crippen LogP contribution in [-0.2, 0) is 19.6 Å². The third-order valence-electron chi connectivity index (χ3n) is 4.91. The van der Waals surface area contributed by atoms with Crippen LogP contribution in [0.25, 0.3) is 0 Å². The van der Waals surface area contributed by atoms with Crippen molar-refractivity contribution in [2.24, 2.45) is 0 Å². The summed E-state index contributed by atoms with van der Waals surface area (Å²) in [7, 11) is 0.